The van der Waals surface area contributed by atoms with Crippen molar-refractivity contribution in [2.45, 2.75) is 44.2 Å². The zero-order valence-electron chi connectivity index (χ0n) is 17.1. The lowest BCUT2D eigenvalue weighted by Crippen LogP contribution is -2.33. The number of unbranched alkanes of at least 4 members (excludes halogenated alkanes) is 2. The van der Waals surface area contributed by atoms with Gasteiger partial charge in [0, 0.05) is 37.5 Å². The number of pyridine rings is 1. The summed E-state index contributed by atoms with van der Waals surface area (Å²) in [6.45, 7) is 1.77. The van der Waals surface area contributed by atoms with Crippen LogP contribution in [0, 0.1) is 11.3 Å². The minimum Gasteiger partial charge on any atom is -0.478 e. The van der Waals surface area contributed by atoms with Crippen LogP contribution in [-0.4, -0.2) is 31.0 Å². The minimum absolute atomic E-state index is 0.283. The molecule has 1 aliphatic heterocycles. The maximum absolute atomic E-state index is 13.2. The highest BCUT2D eigenvalue weighted by molar-refractivity contribution is 5.55. The Labute approximate surface area is 179 Å². The molecule has 0 atom stereocenters. The first kappa shape index (κ1) is 22.6. The second-order valence-electron chi connectivity index (χ2n) is 7.54. The number of carbonyl (C=O) groups is 1. The average molecular weight is 431 g/mol. The molecule has 0 amide bonds. The number of ether oxygens (including phenoxy) is 1. The quantitative estimate of drug-likeness (QED) is 0.430. The smallest absolute Gasteiger partial charge is 0.417 e. The summed E-state index contributed by atoms with van der Waals surface area (Å²) in [7, 11) is 0. The van der Waals surface area contributed by atoms with Gasteiger partial charge in [0.15, 0.2) is 0 Å². The summed E-state index contributed by atoms with van der Waals surface area (Å²) in [6.07, 6.45) is 1.87. The van der Waals surface area contributed by atoms with E-state index in [1.807, 2.05) is 17.0 Å². The number of hydrogen-bond donors (Lipinski definition) is 0. The van der Waals surface area contributed by atoms with Crippen molar-refractivity contribution < 1.29 is 22.7 Å². The molecule has 0 unspecified atom stereocenters. The summed E-state index contributed by atoms with van der Waals surface area (Å²) >= 11 is 0. The standard InChI is InChI=1S/C23H24F3N3O2/c24-23(25,26)21-14-20(6-4-18(21)15-27)29-10-8-17(9-11-29)19-5-7-22(28-16-19)31-13-3-1-2-12-30/h4-7,12,14,16-17H,1-3,8-11,13H2. The van der Waals surface area contributed by atoms with Crippen molar-refractivity contribution in [2.75, 3.05) is 24.6 Å². The normalized spacial score (nSPS) is 14.8. The highest BCUT2D eigenvalue weighted by Crippen LogP contribution is 2.36. The first-order valence-corrected chi connectivity index (χ1v) is 10.3. The van der Waals surface area contributed by atoms with E-state index >= 15 is 0 Å². The molecule has 5 nitrogen and oxygen atoms in total. The Morgan fingerprint density at radius 3 is 2.58 bits per heavy atom. The number of anilines is 1. The first-order valence-electron chi connectivity index (χ1n) is 10.3. The van der Waals surface area contributed by atoms with E-state index in [1.54, 1.807) is 18.3 Å². The molecular weight excluding hydrogens is 407 g/mol. The fraction of sp³-hybridized carbons (Fsp3) is 0.435. The number of piperidine rings is 1. The molecule has 0 aliphatic carbocycles. The molecule has 1 saturated heterocycles. The number of carbonyl (C=O) groups excluding carboxylic acids is 1. The number of halogens is 3. The molecule has 1 aliphatic rings. The molecule has 31 heavy (non-hydrogen) atoms. The molecule has 0 N–H and O–H groups in total. The maximum atomic E-state index is 13.2. The summed E-state index contributed by atoms with van der Waals surface area (Å²) < 4.78 is 45.3. The van der Waals surface area contributed by atoms with Gasteiger partial charge in [0.1, 0.15) is 6.29 Å². The minimum atomic E-state index is -4.55. The lowest BCUT2D eigenvalue weighted by atomic mass is 9.90. The van der Waals surface area contributed by atoms with Crippen molar-refractivity contribution in [2.24, 2.45) is 0 Å². The van der Waals surface area contributed by atoms with Crippen LogP contribution in [0.4, 0.5) is 18.9 Å². The third-order valence-corrected chi connectivity index (χ3v) is 5.49. The van der Waals surface area contributed by atoms with Gasteiger partial charge in [-0.1, -0.05) is 6.07 Å². The Morgan fingerprint density at radius 1 is 1.19 bits per heavy atom. The molecule has 2 heterocycles. The average Bonchev–Trinajstić information content (AvgIpc) is 2.78. The summed E-state index contributed by atoms with van der Waals surface area (Å²) in [5.74, 6) is 0.829. The van der Waals surface area contributed by atoms with Crippen molar-refractivity contribution in [3.63, 3.8) is 0 Å². The van der Waals surface area contributed by atoms with Crippen molar-refractivity contribution in [1.29, 1.82) is 5.26 Å². The number of alkyl halides is 3. The molecule has 3 rings (SSSR count). The number of hydrogen-bond acceptors (Lipinski definition) is 5. The van der Waals surface area contributed by atoms with Crippen LogP contribution in [0.2, 0.25) is 0 Å². The van der Waals surface area contributed by atoms with Crippen LogP contribution in [0.25, 0.3) is 0 Å². The lowest BCUT2D eigenvalue weighted by Gasteiger charge is -2.34. The Morgan fingerprint density at radius 2 is 1.97 bits per heavy atom. The van der Waals surface area contributed by atoms with Crippen LogP contribution in [0.15, 0.2) is 36.5 Å². The fourth-order valence-corrected chi connectivity index (χ4v) is 3.76. The molecule has 1 aromatic carbocycles. The summed E-state index contributed by atoms with van der Waals surface area (Å²) in [5.41, 5.74) is 0.328. The van der Waals surface area contributed by atoms with Crippen LogP contribution >= 0.6 is 0 Å². The van der Waals surface area contributed by atoms with E-state index in [0.29, 0.717) is 37.7 Å². The maximum Gasteiger partial charge on any atom is 0.417 e. The van der Waals surface area contributed by atoms with Gasteiger partial charge >= 0.3 is 6.18 Å². The summed E-state index contributed by atoms with van der Waals surface area (Å²) in [6, 6.07) is 9.33. The second kappa shape index (κ2) is 10.3. The molecule has 2 aromatic rings. The Hall–Kier alpha value is -3.08. The van der Waals surface area contributed by atoms with Gasteiger partial charge in [0.25, 0.3) is 0 Å². The van der Waals surface area contributed by atoms with Crippen LogP contribution in [0.1, 0.15) is 54.7 Å². The van der Waals surface area contributed by atoms with E-state index in [4.69, 9.17) is 10.00 Å². The molecule has 8 heteroatoms. The molecule has 1 aromatic heterocycles. The molecule has 0 bridgehead atoms. The van der Waals surface area contributed by atoms with Crippen molar-refractivity contribution in [1.82, 2.24) is 4.98 Å². The van der Waals surface area contributed by atoms with Crippen LogP contribution in [0.5, 0.6) is 5.88 Å². The van der Waals surface area contributed by atoms with Gasteiger partial charge in [-0.3, -0.25) is 0 Å². The third-order valence-electron chi connectivity index (χ3n) is 5.49. The lowest BCUT2D eigenvalue weighted by molar-refractivity contribution is -0.137. The number of rotatable bonds is 8. The zero-order valence-corrected chi connectivity index (χ0v) is 17.1. The largest absolute Gasteiger partial charge is 0.478 e. The molecule has 0 spiro atoms. The SMILES string of the molecule is N#Cc1ccc(N2CCC(c3ccc(OCCCCC=O)nc3)CC2)cc1C(F)(F)F. The predicted molar refractivity (Wildman–Crippen MR) is 110 cm³/mol. The molecule has 0 saturated carbocycles. The van der Waals surface area contributed by atoms with Crippen molar-refractivity contribution in [3.8, 4) is 11.9 Å². The van der Waals surface area contributed by atoms with Crippen LogP contribution in [0.3, 0.4) is 0 Å². The third kappa shape index (κ3) is 5.97. The number of nitriles is 1. The van der Waals surface area contributed by atoms with Gasteiger partial charge in [-0.15, -0.1) is 0 Å². The van der Waals surface area contributed by atoms with E-state index in [0.717, 1.165) is 43.6 Å². The van der Waals surface area contributed by atoms with Gasteiger partial charge < -0.3 is 14.4 Å². The topological polar surface area (TPSA) is 66.2 Å². The number of nitrogens with zero attached hydrogens (tertiary/aromatic N) is 3. The van der Waals surface area contributed by atoms with Crippen LogP contribution < -0.4 is 9.64 Å². The first-order chi connectivity index (χ1) is 14.9. The van der Waals surface area contributed by atoms with E-state index in [9.17, 15) is 18.0 Å². The highest BCUT2D eigenvalue weighted by atomic mass is 19.4. The molecular formula is C23H24F3N3O2. The summed E-state index contributed by atoms with van der Waals surface area (Å²) in [4.78, 5) is 16.6. The predicted octanol–water partition coefficient (Wildman–Crippen LogP) is 5.10. The van der Waals surface area contributed by atoms with Gasteiger partial charge in [0.05, 0.1) is 23.8 Å². The van der Waals surface area contributed by atoms with E-state index in [1.165, 1.54) is 6.07 Å². The van der Waals surface area contributed by atoms with Crippen molar-refractivity contribution >= 4 is 12.0 Å². The van der Waals surface area contributed by atoms with E-state index in [-0.39, 0.29) is 11.5 Å². The zero-order chi connectivity index (χ0) is 22.3. The monoisotopic (exact) mass is 431 g/mol. The molecule has 0 radical (unpaired) electrons. The van der Waals surface area contributed by atoms with Gasteiger partial charge in [-0.05, 0) is 55.4 Å². The Bertz CT molecular complexity index is 915. The highest BCUT2D eigenvalue weighted by Gasteiger charge is 2.34. The van der Waals surface area contributed by atoms with Gasteiger partial charge in [0.2, 0.25) is 5.88 Å². The van der Waals surface area contributed by atoms with Gasteiger partial charge in [-0.25, -0.2) is 4.98 Å². The van der Waals surface area contributed by atoms with E-state index < -0.39 is 11.7 Å². The van der Waals surface area contributed by atoms with Gasteiger partial charge in [-0.2, -0.15) is 18.4 Å². The Balaban J connectivity index is 1.56. The van der Waals surface area contributed by atoms with Crippen LogP contribution in [-0.2, 0) is 11.0 Å². The van der Waals surface area contributed by atoms with E-state index in [2.05, 4.69) is 4.98 Å². The number of benzene rings is 1. The number of aromatic nitrogens is 1. The Kier molecular flexibility index (Phi) is 7.50. The molecule has 1 fully saturated rings. The van der Waals surface area contributed by atoms with Crippen molar-refractivity contribution in [3.05, 3.63) is 53.2 Å². The second-order valence-corrected chi connectivity index (χ2v) is 7.54. The summed E-state index contributed by atoms with van der Waals surface area (Å²) in [5, 5.41) is 8.95. The number of aldehydes is 1. The fourth-order valence-electron chi connectivity index (χ4n) is 3.76. The molecule has 164 valence electrons.